The molecule has 2 nitrogen and oxygen atoms in total. The molecule has 1 N–H and O–H groups in total. The van der Waals surface area contributed by atoms with Crippen molar-refractivity contribution >= 4 is 0 Å². The molecule has 76 valence electrons. The van der Waals surface area contributed by atoms with Gasteiger partial charge in [0.1, 0.15) is 0 Å². The Kier molecular flexibility index (Phi) is 2.33. The van der Waals surface area contributed by atoms with Crippen LogP contribution in [0.15, 0.2) is 41.3 Å². The highest BCUT2D eigenvalue weighted by molar-refractivity contribution is 5.63. The molecule has 2 rings (SSSR count). The van der Waals surface area contributed by atoms with Crippen LogP contribution < -0.4 is 5.56 Å². The lowest BCUT2D eigenvalue weighted by Crippen LogP contribution is -2.02. The van der Waals surface area contributed by atoms with Crippen LogP contribution in [-0.2, 0) is 0 Å². The minimum atomic E-state index is -0.942. The number of rotatable bonds is 1. The Labute approximate surface area is 84.2 Å². The van der Waals surface area contributed by atoms with Crippen LogP contribution in [-0.4, -0.2) is 4.98 Å². The summed E-state index contributed by atoms with van der Waals surface area (Å²) in [7, 11) is 0. The van der Waals surface area contributed by atoms with Crippen LogP contribution in [0.3, 0.4) is 0 Å². The Morgan fingerprint density at radius 2 is 1.93 bits per heavy atom. The third-order valence-electron chi connectivity index (χ3n) is 2.04. The second kappa shape index (κ2) is 3.65. The molecular weight excluding hydrogens is 200 g/mol. The first-order valence-electron chi connectivity index (χ1n) is 4.31. The third-order valence-corrected chi connectivity index (χ3v) is 2.04. The molecule has 15 heavy (non-hydrogen) atoms. The van der Waals surface area contributed by atoms with Crippen molar-refractivity contribution in [1.29, 1.82) is 0 Å². The summed E-state index contributed by atoms with van der Waals surface area (Å²) in [5.41, 5.74) is 0.0908. The van der Waals surface area contributed by atoms with E-state index in [-0.39, 0.29) is 11.1 Å². The molecule has 4 heteroatoms. The summed E-state index contributed by atoms with van der Waals surface area (Å²) < 4.78 is 26.2. The first-order chi connectivity index (χ1) is 7.18. The molecule has 0 atom stereocenters. The summed E-state index contributed by atoms with van der Waals surface area (Å²) >= 11 is 0. The second-order valence-electron chi connectivity index (χ2n) is 3.04. The van der Waals surface area contributed by atoms with Gasteiger partial charge in [0.05, 0.1) is 0 Å². The number of hydrogen-bond acceptors (Lipinski definition) is 1. The molecule has 1 heterocycles. The molecule has 0 saturated carbocycles. The number of pyridine rings is 1. The van der Waals surface area contributed by atoms with E-state index in [9.17, 15) is 13.6 Å². The predicted octanol–water partition coefficient (Wildman–Crippen LogP) is 2.32. The van der Waals surface area contributed by atoms with Gasteiger partial charge in [-0.3, -0.25) is 4.79 Å². The maximum absolute atomic E-state index is 13.3. The lowest BCUT2D eigenvalue weighted by atomic mass is 10.1. The number of hydrogen-bond donors (Lipinski definition) is 1. The van der Waals surface area contributed by atoms with Gasteiger partial charge in [-0.2, -0.15) is 0 Å². The minimum Gasteiger partial charge on any atom is -0.329 e. The van der Waals surface area contributed by atoms with Gasteiger partial charge in [-0.05, 0) is 17.7 Å². The van der Waals surface area contributed by atoms with E-state index in [0.717, 1.165) is 6.07 Å². The van der Waals surface area contributed by atoms with Gasteiger partial charge in [0.25, 0.3) is 0 Å². The zero-order chi connectivity index (χ0) is 10.8. The Bertz CT molecular complexity index is 548. The van der Waals surface area contributed by atoms with Crippen molar-refractivity contribution in [3.05, 3.63) is 58.5 Å². The fourth-order valence-corrected chi connectivity index (χ4v) is 1.34. The van der Waals surface area contributed by atoms with E-state index in [2.05, 4.69) is 4.98 Å². The van der Waals surface area contributed by atoms with Crippen molar-refractivity contribution in [1.82, 2.24) is 4.98 Å². The first kappa shape index (κ1) is 9.58. The maximum atomic E-state index is 13.3. The van der Waals surface area contributed by atoms with Crippen molar-refractivity contribution in [2.45, 2.75) is 0 Å². The predicted molar refractivity (Wildman–Crippen MR) is 52.4 cm³/mol. The number of H-pyrrole nitrogens is 1. The summed E-state index contributed by atoms with van der Waals surface area (Å²) in [4.78, 5) is 13.4. The second-order valence-corrected chi connectivity index (χ2v) is 3.04. The maximum Gasteiger partial charge on any atom is 0.248 e. The fraction of sp³-hybridized carbons (Fsp3) is 0. The molecule has 0 aliphatic carbocycles. The van der Waals surface area contributed by atoms with Gasteiger partial charge in [0.2, 0.25) is 5.56 Å². The highest BCUT2D eigenvalue weighted by atomic mass is 19.2. The average molecular weight is 207 g/mol. The van der Waals surface area contributed by atoms with E-state index in [1.54, 1.807) is 0 Å². The summed E-state index contributed by atoms with van der Waals surface area (Å²) in [6, 6.07) is 6.59. The lowest BCUT2D eigenvalue weighted by molar-refractivity contribution is 0.511. The molecular formula is C11H7F2NO. The summed E-state index contributed by atoms with van der Waals surface area (Å²) in [6.45, 7) is 0. The topological polar surface area (TPSA) is 32.9 Å². The van der Waals surface area contributed by atoms with Crippen LogP contribution in [0.5, 0.6) is 0 Å². The zero-order valence-corrected chi connectivity index (χ0v) is 7.63. The largest absolute Gasteiger partial charge is 0.329 e. The van der Waals surface area contributed by atoms with Crippen molar-refractivity contribution in [2.24, 2.45) is 0 Å². The van der Waals surface area contributed by atoms with Gasteiger partial charge in [0, 0.05) is 17.8 Å². The Morgan fingerprint density at radius 3 is 2.67 bits per heavy atom. The lowest BCUT2D eigenvalue weighted by Gasteiger charge is -2.02. The number of nitrogens with one attached hydrogen (secondary N) is 1. The number of halogens is 2. The molecule has 0 unspecified atom stereocenters. The quantitative estimate of drug-likeness (QED) is 0.764. The van der Waals surface area contributed by atoms with Crippen LogP contribution in [0.25, 0.3) is 11.1 Å². The van der Waals surface area contributed by atoms with Crippen molar-refractivity contribution in [3.63, 3.8) is 0 Å². The normalized spacial score (nSPS) is 10.3. The summed E-state index contributed by atoms with van der Waals surface area (Å²) in [6.07, 6.45) is 1.39. The molecule has 2 aromatic rings. The van der Waals surface area contributed by atoms with Gasteiger partial charge in [-0.25, -0.2) is 8.78 Å². The van der Waals surface area contributed by atoms with Crippen molar-refractivity contribution < 1.29 is 8.78 Å². The van der Waals surface area contributed by atoms with Gasteiger partial charge in [-0.1, -0.05) is 12.1 Å². The molecule has 0 aliphatic heterocycles. The molecule has 1 aromatic carbocycles. The Morgan fingerprint density at radius 1 is 1.13 bits per heavy atom. The SMILES string of the molecule is O=c1cc(-c2cccc(F)c2F)cc[nH]1. The summed E-state index contributed by atoms with van der Waals surface area (Å²) in [5.74, 6) is -1.86. The van der Waals surface area contributed by atoms with Gasteiger partial charge >= 0.3 is 0 Å². The van der Waals surface area contributed by atoms with E-state index < -0.39 is 11.6 Å². The summed E-state index contributed by atoms with van der Waals surface area (Å²) in [5, 5.41) is 0. The molecule has 0 aliphatic rings. The van der Waals surface area contributed by atoms with Crippen LogP contribution in [0, 0.1) is 11.6 Å². The van der Waals surface area contributed by atoms with Gasteiger partial charge in [0.15, 0.2) is 11.6 Å². The smallest absolute Gasteiger partial charge is 0.248 e. The number of aromatic nitrogens is 1. The first-order valence-corrected chi connectivity index (χ1v) is 4.31. The Hall–Kier alpha value is -1.97. The van der Waals surface area contributed by atoms with E-state index >= 15 is 0 Å². The number of benzene rings is 1. The molecule has 1 aromatic heterocycles. The number of aromatic amines is 1. The standard InChI is InChI=1S/C11H7F2NO/c12-9-3-1-2-8(11(9)13)7-4-5-14-10(15)6-7/h1-6H,(H,14,15). The molecule has 0 saturated heterocycles. The molecule has 0 bridgehead atoms. The molecule has 0 spiro atoms. The molecule has 0 amide bonds. The van der Waals surface area contributed by atoms with Crippen LogP contribution >= 0.6 is 0 Å². The minimum absolute atomic E-state index is 0.0844. The van der Waals surface area contributed by atoms with Crippen LogP contribution in [0.4, 0.5) is 8.78 Å². The highest BCUT2D eigenvalue weighted by Crippen LogP contribution is 2.22. The monoisotopic (exact) mass is 207 g/mol. The van der Waals surface area contributed by atoms with E-state index in [1.165, 1.54) is 30.5 Å². The third kappa shape index (κ3) is 1.79. The van der Waals surface area contributed by atoms with E-state index in [1.807, 2.05) is 0 Å². The molecule has 0 radical (unpaired) electrons. The van der Waals surface area contributed by atoms with Crippen molar-refractivity contribution in [2.75, 3.05) is 0 Å². The Balaban J connectivity index is 2.64. The van der Waals surface area contributed by atoms with Crippen LogP contribution in [0.2, 0.25) is 0 Å². The van der Waals surface area contributed by atoms with Crippen LogP contribution in [0.1, 0.15) is 0 Å². The van der Waals surface area contributed by atoms with Crippen molar-refractivity contribution in [3.8, 4) is 11.1 Å². The average Bonchev–Trinajstić information content (AvgIpc) is 2.22. The van der Waals surface area contributed by atoms with Gasteiger partial charge in [-0.15, -0.1) is 0 Å². The van der Waals surface area contributed by atoms with E-state index in [4.69, 9.17) is 0 Å². The van der Waals surface area contributed by atoms with E-state index in [0.29, 0.717) is 5.56 Å². The highest BCUT2D eigenvalue weighted by Gasteiger charge is 2.09. The molecule has 0 fully saturated rings. The fourth-order valence-electron chi connectivity index (χ4n) is 1.34. The zero-order valence-electron chi connectivity index (χ0n) is 7.63. The van der Waals surface area contributed by atoms with Gasteiger partial charge < -0.3 is 4.98 Å².